The van der Waals surface area contributed by atoms with Gasteiger partial charge >= 0.3 is 5.97 Å². The van der Waals surface area contributed by atoms with Crippen LogP contribution < -0.4 is 16.0 Å². The number of carbonyl (C=O) groups is 5. The smallest absolute Gasteiger partial charge is 0.326 e. The third-order valence-corrected chi connectivity index (χ3v) is 7.66. The molecule has 0 fully saturated rings. The molecular weight excluding hydrogens is 558 g/mol. The lowest BCUT2D eigenvalue weighted by atomic mass is 9.96. The van der Waals surface area contributed by atoms with E-state index in [1.807, 2.05) is 39.8 Å². The number of carboxylic acids is 1. The number of aryl methyl sites for hydroxylation is 2. The van der Waals surface area contributed by atoms with Crippen molar-refractivity contribution in [1.82, 2.24) is 16.0 Å². The summed E-state index contributed by atoms with van der Waals surface area (Å²) >= 11 is 0. The molecule has 1 aromatic carbocycles. The monoisotopic (exact) mass is 611 g/mol. The third kappa shape index (κ3) is 16.2. The van der Waals surface area contributed by atoms with Gasteiger partial charge in [-0.1, -0.05) is 62.3 Å². The normalized spacial score (nSPS) is 13.3. The van der Waals surface area contributed by atoms with E-state index in [2.05, 4.69) is 28.6 Å². The van der Waals surface area contributed by atoms with E-state index in [0.29, 0.717) is 38.6 Å². The fourth-order valence-corrected chi connectivity index (χ4v) is 4.82. The zero-order valence-electron chi connectivity index (χ0n) is 27.3. The summed E-state index contributed by atoms with van der Waals surface area (Å²) in [5, 5.41) is 18.1. The van der Waals surface area contributed by atoms with Crippen LogP contribution >= 0.6 is 0 Å². The molecule has 1 aromatic rings. The maximum Gasteiger partial charge on any atom is 0.326 e. The van der Waals surface area contributed by atoms with Crippen molar-refractivity contribution in [2.24, 2.45) is 5.92 Å². The highest BCUT2D eigenvalue weighted by atomic mass is 16.4. The average molecular weight is 612 g/mol. The van der Waals surface area contributed by atoms with Crippen LogP contribution in [0.5, 0.6) is 0 Å². The van der Waals surface area contributed by atoms with E-state index < -0.39 is 29.9 Å². The largest absolute Gasteiger partial charge is 0.480 e. The number of aliphatic carboxylic acids is 1. The predicted molar refractivity (Wildman–Crippen MR) is 174 cm³/mol. The van der Waals surface area contributed by atoms with Crippen LogP contribution in [0.4, 0.5) is 0 Å². The first-order chi connectivity index (χ1) is 20.8. The van der Waals surface area contributed by atoms with Gasteiger partial charge in [0.25, 0.3) is 0 Å². The maximum absolute atomic E-state index is 13.3. The Labute approximate surface area is 263 Å². The Morgan fingerprint density at radius 2 is 1.52 bits per heavy atom. The Balaban J connectivity index is 2.63. The van der Waals surface area contributed by atoms with Crippen LogP contribution in [0.3, 0.4) is 0 Å². The van der Waals surface area contributed by atoms with E-state index in [9.17, 15) is 29.1 Å². The van der Waals surface area contributed by atoms with Gasteiger partial charge in [0.1, 0.15) is 17.9 Å². The molecule has 0 saturated carbocycles. The molecule has 4 N–H and O–H groups in total. The van der Waals surface area contributed by atoms with Crippen LogP contribution in [0.2, 0.25) is 0 Å². The second kappa shape index (κ2) is 21.0. The molecule has 9 heteroatoms. The summed E-state index contributed by atoms with van der Waals surface area (Å²) in [6.07, 6.45) is 9.78. The van der Waals surface area contributed by atoms with Gasteiger partial charge in [-0.3, -0.25) is 14.4 Å². The second-order valence-electron chi connectivity index (χ2n) is 11.9. The predicted octanol–water partition coefficient (Wildman–Crippen LogP) is 5.27. The summed E-state index contributed by atoms with van der Waals surface area (Å²) in [6.45, 7) is 13.4. The highest BCUT2D eigenvalue weighted by Gasteiger charge is 2.28. The molecular formula is C35H53N3O6. The lowest BCUT2D eigenvalue weighted by molar-refractivity contribution is -0.142. The van der Waals surface area contributed by atoms with Crippen LogP contribution in [0.1, 0.15) is 102 Å². The van der Waals surface area contributed by atoms with Crippen molar-refractivity contribution < 1.29 is 29.1 Å². The lowest BCUT2D eigenvalue weighted by Crippen LogP contribution is -2.52. The van der Waals surface area contributed by atoms with Crippen molar-refractivity contribution in [3.63, 3.8) is 0 Å². The topological polar surface area (TPSA) is 142 Å². The number of nitrogens with one attached hydrogen (secondary N) is 3. The van der Waals surface area contributed by atoms with Crippen molar-refractivity contribution in [1.29, 1.82) is 0 Å². The third-order valence-electron chi connectivity index (χ3n) is 7.66. The fraction of sp³-hybridized carbons (Fsp3) is 0.571. The first-order valence-corrected chi connectivity index (χ1v) is 15.8. The zero-order valence-corrected chi connectivity index (χ0v) is 27.3. The number of hydrogen-bond acceptors (Lipinski definition) is 5. The second-order valence-corrected chi connectivity index (χ2v) is 11.9. The number of carboxylic acid groups (broad SMARTS) is 1. The highest BCUT2D eigenvalue weighted by molar-refractivity contribution is 5.91. The van der Waals surface area contributed by atoms with E-state index >= 15 is 0 Å². The maximum atomic E-state index is 13.3. The van der Waals surface area contributed by atoms with E-state index in [4.69, 9.17) is 0 Å². The number of unbranched alkanes of at least 4 members (excludes halogenated alkanes) is 4. The molecule has 1 rings (SSSR count). The molecule has 3 unspecified atom stereocenters. The van der Waals surface area contributed by atoms with Gasteiger partial charge in [-0.25, -0.2) is 4.79 Å². The van der Waals surface area contributed by atoms with Crippen molar-refractivity contribution >= 4 is 29.5 Å². The number of amides is 3. The number of carbonyl (C=O) groups excluding carboxylic acids is 4. The van der Waals surface area contributed by atoms with Gasteiger partial charge in [0.15, 0.2) is 0 Å². The Hall–Kier alpha value is -3.75. The van der Waals surface area contributed by atoms with Crippen molar-refractivity contribution in [2.45, 2.75) is 117 Å². The van der Waals surface area contributed by atoms with Crippen LogP contribution in [-0.2, 0) is 30.4 Å². The molecule has 0 saturated heterocycles. The molecule has 0 aliphatic carbocycles. The minimum atomic E-state index is -1.15. The molecule has 3 atom stereocenters. The molecule has 0 bridgehead atoms. The van der Waals surface area contributed by atoms with Crippen LogP contribution in [0, 0.1) is 19.8 Å². The van der Waals surface area contributed by atoms with E-state index in [0.717, 1.165) is 42.4 Å². The Morgan fingerprint density at radius 3 is 2.14 bits per heavy atom. The van der Waals surface area contributed by atoms with Crippen molar-refractivity contribution in [3.05, 3.63) is 59.2 Å². The summed E-state index contributed by atoms with van der Waals surface area (Å²) in [7, 11) is 0. The molecule has 0 aromatic heterocycles. The SMILES string of the molecule is C=C/C=C(\C)CC(NC(=O)C(C)Cc1ccc(C)c(C)c1)C(=O)NC(CCCCNC(=O)CCCCCCC(C)=O)C(=O)O. The lowest BCUT2D eigenvalue weighted by Gasteiger charge is -2.23. The van der Waals surface area contributed by atoms with Crippen LogP contribution in [0.15, 0.2) is 42.5 Å². The summed E-state index contributed by atoms with van der Waals surface area (Å²) < 4.78 is 0. The zero-order chi connectivity index (χ0) is 33.1. The van der Waals surface area contributed by atoms with E-state index in [1.54, 1.807) is 19.1 Å². The van der Waals surface area contributed by atoms with Gasteiger partial charge in [-0.2, -0.15) is 0 Å². The number of rotatable bonds is 22. The highest BCUT2D eigenvalue weighted by Crippen LogP contribution is 2.15. The molecule has 0 aliphatic rings. The summed E-state index contributed by atoms with van der Waals surface area (Å²) in [5.74, 6) is -2.25. The molecule has 44 heavy (non-hydrogen) atoms. The quantitative estimate of drug-likeness (QED) is 0.104. The number of ketones is 1. The molecule has 0 heterocycles. The van der Waals surface area contributed by atoms with E-state index in [1.165, 1.54) is 5.56 Å². The van der Waals surface area contributed by atoms with Gasteiger partial charge < -0.3 is 25.9 Å². The Bertz CT molecular complexity index is 1160. The molecule has 0 spiro atoms. The Morgan fingerprint density at radius 1 is 0.864 bits per heavy atom. The summed E-state index contributed by atoms with van der Waals surface area (Å²) in [6, 6.07) is 4.02. The van der Waals surface area contributed by atoms with Gasteiger partial charge in [0.05, 0.1) is 0 Å². The molecule has 3 amide bonds. The summed E-state index contributed by atoms with van der Waals surface area (Å²) in [5.41, 5.74) is 4.17. The minimum Gasteiger partial charge on any atom is -0.480 e. The van der Waals surface area contributed by atoms with Crippen LogP contribution in [0.25, 0.3) is 0 Å². The average Bonchev–Trinajstić information content (AvgIpc) is 2.95. The molecule has 244 valence electrons. The van der Waals surface area contributed by atoms with E-state index in [-0.39, 0.29) is 30.4 Å². The number of Topliss-reactive ketones (excluding diaryl/α,β-unsaturated/α-hetero) is 1. The Kier molecular flexibility index (Phi) is 18.3. The number of hydrogen-bond donors (Lipinski definition) is 4. The van der Waals surface area contributed by atoms with Crippen molar-refractivity contribution in [3.8, 4) is 0 Å². The number of allylic oxidation sites excluding steroid dienone is 2. The van der Waals surface area contributed by atoms with Crippen LogP contribution in [-0.4, -0.2) is 53.2 Å². The van der Waals surface area contributed by atoms with Gasteiger partial charge in [-0.15, -0.1) is 0 Å². The van der Waals surface area contributed by atoms with Gasteiger partial charge in [-0.05, 0) is 89.3 Å². The van der Waals surface area contributed by atoms with Gasteiger partial charge in [0, 0.05) is 25.3 Å². The minimum absolute atomic E-state index is 0.0482. The first kappa shape index (κ1) is 38.3. The fourth-order valence-electron chi connectivity index (χ4n) is 4.82. The first-order valence-electron chi connectivity index (χ1n) is 15.8. The standard InChI is InChI=1S/C35H53N3O6/c1-7-14-24(2)21-31(38-33(41)27(5)23-29-19-18-25(3)26(4)22-29)34(42)37-30(35(43)44)16-12-13-20-36-32(40)17-11-9-8-10-15-28(6)39/h7,14,18-19,22,27,30-31H,1,8-13,15-17,20-21,23H2,2-6H3,(H,36,40)(H,37,42)(H,38,41)(H,43,44)/b24-14+. The number of benzene rings is 1. The van der Waals surface area contributed by atoms with Gasteiger partial charge in [0.2, 0.25) is 17.7 Å². The summed E-state index contributed by atoms with van der Waals surface area (Å²) in [4.78, 5) is 61.3. The molecule has 0 radical (unpaired) electrons. The molecule has 9 nitrogen and oxygen atoms in total. The van der Waals surface area contributed by atoms with Crippen molar-refractivity contribution in [2.75, 3.05) is 6.54 Å². The molecule has 0 aliphatic heterocycles.